The fraction of sp³-hybridized carbons (Fsp3) is 0.412. The first-order valence-electron chi connectivity index (χ1n) is 7.62. The summed E-state index contributed by atoms with van der Waals surface area (Å²) in [6, 6.07) is 7.36. The first-order chi connectivity index (χ1) is 10.6. The zero-order chi connectivity index (χ0) is 15.7. The van der Waals surface area contributed by atoms with Crippen LogP contribution in [0.5, 0.6) is 5.88 Å². The van der Waals surface area contributed by atoms with E-state index in [0.29, 0.717) is 12.3 Å². The number of pyridine rings is 1. The minimum Gasteiger partial charge on any atom is -0.480 e. The maximum absolute atomic E-state index is 11.5. The molecule has 2 aromatic rings. The number of aromatic nitrogens is 1. The van der Waals surface area contributed by atoms with Crippen LogP contribution in [-0.2, 0) is 4.79 Å². The highest BCUT2D eigenvalue weighted by molar-refractivity contribution is 5.99. The van der Waals surface area contributed by atoms with E-state index in [0.717, 1.165) is 29.4 Å². The number of hydrogen-bond acceptors (Lipinski definition) is 4. The van der Waals surface area contributed by atoms with Crippen molar-refractivity contribution in [2.75, 3.05) is 11.4 Å². The number of anilines is 1. The Balaban J connectivity index is 2.15. The molecular formula is C17H20N2O3. The third kappa shape index (κ3) is 2.58. The second-order valence-electron chi connectivity index (χ2n) is 5.85. The molecule has 5 heteroatoms. The van der Waals surface area contributed by atoms with Gasteiger partial charge in [-0.15, -0.1) is 0 Å². The summed E-state index contributed by atoms with van der Waals surface area (Å²) in [4.78, 5) is 17.8. The first-order valence-corrected chi connectivity index (χ1v) is 7.62. The molecule has 0 radical (unpaired) electrons. The number of ether oxygens (including phenoxy) is 1. The Morgan fingerprint density at radius 3 is 2.95 bits per heavy atom. The van der Waals surface area contributed by atoms with E-state index in [1.54, 1.807) is 6.20 Å². The predicted octanol–water partition coefficient (Wildman–Crippen LogP) is 3.08. The van der Waals surface area contributed by atoms with Crippen LogP contribution in [0.4, 0.5) is 5.69 Å². The van der Waals surface area contributed by atoms with Crippen LogP contribution in [-0.4, -0.2) is 34.8 Å². The van der Waals surface area contributed by atoms with Crippen LogP contribution in [0.3, 0.4) is 0 Å². The normalized spacial score (nSPS) is 18.1. The molecule has 1 aromatic heterocycles. The summed E-state index contributed by atoms with van der Waals surface area (Å²) < 4.78 is 5.84. The zero-order valence-corrected chi connectivity index (χ0v) is 12.8. The highest BCUT2D eigenvalue weighted by Crippen LogP contribution is 2.37. The number of carboxylic acids is 1. The monoisotopic (exact) mass is 300 g/mol. The average Bonchev–Trinajstić information content (AvgIpc) is 2.96. The molecule has 0 amide bonds. The number of carboxylic acid groups (broad SMARTS) is 1. The van der Waals surface area contributed by atoms with Crippen LogP contribution in [0.15, 0.2) is 30.5 Å². The van der Waals surface area contributed by atoms with E-state index in [1.807, 2.05) is 43.0 Å². The topological polar surface area (TPSA) is 62.7 Å². The summed E-state index contributed by atoms with van der Waals surface area (Å²) >= 11 is 0. The van der Waals surface area contributed by atoms with Crippen LogP contribution in [0.2, 0.25) is 0 Å². The van der Waals surface area contributed by atoms with Crippen molar-refractivity contribution in [1.82, 2.24) is 4.98 Å². The molecule has 0 aliphatic carbocycles. The van der Waals surface area contributed by atoms with Crippen molar-refractivity contribution < 1.29 is 14.6 Å². The standard InChI is InChI=1S/C17H20N2O3/c1-11(2)22-16-15-12(8-9-18-16)5-3-6-13(15)19-10-4-7-14(19)17(20)21/h3,5-6,8-9,11,14H,4,7,10H2,1-2H3,(H,20,21). The zero-order valence-electron chi connectivity index (χ0n) is 12.8. The van der Waals surface area contributed by atoms with E-state index in [-0.39, 0.29) is 6.10 Å². The minimum absolute atomic E-state index is 0.0139. The number of benzene rings is 1. The Hall–Kier alpha value is -2.30. The summed E-state index contributed by atoms with van der Waals surface area (Å²) in [5, 5.41) is 11.4. The number of nitrogens with zero attached hydrogens (tertiary/aromatic N) is 2. The number of rotatable bonds is 4. The molecule has 5 nitrogen and oxygen atoms in total. The van der Waals surface area contributed by atoms with Crippen molar-refractivity contribution in [3.63, 3.8) is 0 Å². The molecular weight excluding hydrogens is 280 g/mol. The third-order valence-corrected chi connectivity index (χ3v) is 3.93. The summed E-state index contributed by atoms with van der Waals surface area (Å²) in [5.74, 6) is -0.205. The Bertz CT molecular complexity index is 694. The molecule has 1 fully saturated rings. The van der Waals surface area contributed by atoms with E-state index in [4.69, 9.17) is 4.74 Å². The highest BCUT2D eigenvalue weighted by atomic mass is 16.5. The summed E-state index contributed by atoms with van der Waals surface area (Å²) in [6.07, 6.45) is 3.29. The van der Waals surface area contributed by atoms with Crippen molar-refractivity contribution in [3.05, 3.63) is 30.5 Å². The van der Waals surface area contributed by atoms with Gasteiger partial charge in [-0.05, 0) is 44.2 Å². The van der Waals surface area contributed by atoms with Gasteiger partial charge in [-0.25, -0.2) is 9.78 Å². The molecule has 3 rings (SSSR count). The van der Waals surface area contributed by atoms with E-state index in [1.165, 1.54) is 0 Å². The van der Waals surface area contributed by atoms with Gasteiger partial charge in [-0.2, -0.15) is 0 Å². The second kappa shape index (κ2) is 5.83. The number of carbonyl (C=O) groups is 1. The molecule has 0 saturated carbocycles. The molecule has 1 atom stereocenters. The third-order valence-electron chi connectivity index (χ3n) is 3.93. The second-order valence-corrected chi connectivity index (χ2v) is 5.85. The lowest BCUT2D eigenvalue weighted by Crippen LogP contribution is -2.36. The lowest BCUT2D eigenvalue weighted by atomic mass is 10.1. The molecule has 0 bridgehead atoms. The van der Waals surface area contributed by atoms with Crippen LogP contribution in [0, 0.1) is 0 Å². The van der Waals surface area contributed by atoms with Crippen LogP contribution < -0.4 is 9.64 Å². The van der Waals surface area contributed by atoms with Gasteiger partial charge in [-0.1, -0.05) is 12.1 Å². The quantitative estimate of drug-likeness (QED) is 0.940. The Morgan fingerprint density at radius 1 is 1.41 bits per heavy atom. The van der Waals surface area contributed by atoms with E-state index in [9.17, 15) is 9.90 Å². The Morgan fingerprint density at radius 2 is 2.23 bits per heavy atom. The average molecular weight is 300 g/mol. The summed E-state index contributed by atoms with van der Waals surface area (Å²) in [7, 11) is 0. The SMILES string of the molecule is CC(C)Oc1nccc2cccc(N3CCCC3C(=O)O)c12. The predicted molar refractivity (Wildman–Crippen MR) is 85.5 cm³/mol. The Kier molecular flexibility index (Phi) is 3.88. The summed E-state index contributed by atoms with van der Waals surface area (Å²) in [6.45, 7) is 4.66. The smallest absolute Gasteiger partial charge is 0.326 e. The van der Waals surface area contributed by atoms with E-state index in [2.05, 4.69) is 4.98 Å². The van der Waals surface area contributed by atoms with Crippen molar-refractivity contribution in [3.8, 4) is 5.88 Å². The molecule has 1 N–H and O–H groups in total. The van der Waals surface area contributed by atoms with Crippen LogP contribution in [0.1, 0.15) is 26.7 Å². The molecule has 22 heavy (non-hydrogen) atoms. The largest absolute Gasteiger partial charge is 0.480 e. The fourth-order valence-corrected chi connectivity index (χ4v) is 3.04. The van der Waals surface area contributed by atoms with Gasteiger partial charge < -0.3 is 14.7 Å². The maximum Gasteiger partial charge on any atom is 0.326 e. The number of hydrogen-bond donors (Lipinski definition) is 1. The van der Waals surface area contributed by atoms with Gasteiger partial charge in [0.2, 0.25) is 5.88 Å². The molecule has 2 heterocycles. The maximum atomic E-state index is 11.5. The highest BCUT2D eigenvalue weighted by Gasteiger charge is 2.32. The lowest BCUT2D eigenvalue weighted by molar-refractivity contribution is -0.138. The van der Waals surface area contributed by atoms with Gasteiger partial charge in [0.05, 0.1) is 17.2 Å². The van der Waals surface area contributed by atoms with Gasteiger partial charge in [0.15, 0.2) is 0 Å². The molecule has 1 unspecified atom stereocenters. The molecule has 0 spiro atoms. The van der Waals surface area contributed by atoms with Gasteiger partial charge in [0.25, 0.3) is 0 Å². The fourth-order valence-electron chi connectivity index (χ4n) is 3.04. The van der Waals surface area contributed by atoms with Crippen molar-refractivity contribution in [2.45, 2.75) is 38.8 Å². The van der Waals surface area contributed by atoms with Gasteiger partial charge in [-0.3, -0.25) is 0 Å². The summed E-state index contributed by atoms with van der Waals surface area (Å²) in [5.41, 5.74) is 0.895. The van der Waals surface area contributed by atoms with Crippen molar-refractivity contribution >= 4 is 22.4 Å². The van der Waals surface area contributed by atoms with Gasteiger partial charge >= 0.3 is 5.97 Å². The molecule has 1 aliphatic heterocycles. The molecule has 1 aromatic carbocycles. The van der Waals surface area contributed by atoms with Crippen molar-refractivity contribution in [1.29, 1.82) is 0 Å². The number of fused-ring (bicyclic) bond motifs is 1. The van der Waals surface area contributed by atoms with Crippen LogP contribution in [0.25, 0.3) is 10.8 Å². The minimum atomic E-state index is -0.773. The molecule has 1 aliphatic rings. The Labute approximate surface area is 129 Å². The molecule has 116 valence electrons. The van der Waals surface area contributed by atoms with E-state index >= 15 is 0 Å². The van der Waals surface area contributed by atoms with Crippen molar-refractivity contribution in [2.24, 2.45) is 0 Å². The first kappa shape index (κ1) is 14.6. The molecule has 1 saturated heterocycles. The van der Waals surface area contributed by atoms with Gasteiger partial charge in [0.1, 0.15) is 6.04 Å². The lowest BCUT2D eigenvalue weighted by Gasteiger charge is -2.26. The number of aliphatic carboxylic acids is 1. The van der Waals surface area contributed by atoms with Gasteiger partial charge in [0, 0.05) is 12.7 Å². The van der Waals surface area contributed by atoms with E-state index < -0.39 is 12.0 Å². The van der Waals surface area contributed by atoms with Crippen LogP contribution >= 0.6 is 0 Å².